The molecular formula is C17H23ClN2O4S2. The van der Waals surface area contributed by atoms with E-state index in [4.69, 9.17) is 10.5 Å². The van der Waals surface area contributed by atoms with Crippen molar-refractivity contribution in [2.45, 2.75) is 49.6 Å². The second-order valence-electron chi connectivity index (χ2n) is 6.26. The number of nitrogens with two attached hydrogens (primary N) is 1. The first-order valence-corrected chi connectivity index (χ1v) is 10.7. The number of rotatable bonds is 5. The van der Waals surface area contributed by atoms with Gasteiger partial charge in [-0.2, -0.15) is 0 Å². The first-order chi connectivity index (χ1) is 11.9. The molecule has 2 aromatic rings. The molecule has 1 saturated carbocycles. The Labute approximate surface area is 163 Å². The Morgan fingerprint density at radius 3 is 2.62 bits per heavy atom. The van der Waals surface area contributed by atoms with Crippen LogP contribution in [0.5, 0.6) is 0 Å². The van der Waals surface area contributed by atoms with E-state index in [-0.39, 0.29) is 35.4 Å². The third-order valence-corrected chi connectivity index (χ3v) is 6.98. The van der Waals surface area contributed by atoms with Crippen LogP contribution in [0.1, 0.15) is 42.3 Å². The third-order valence-electron chi connectivity index (χ3n) is 4.37. The fraction of sp³-hybridized carbons (Fsp3) is 0.471. The van der Waals surface area contributed by atoms with Crippen LogP contribution in [0, 0.1) is 0 Å². The average Bonchev–Trinajstić information content (AvgIpc) is 3.00. The standard InChI is InChI=1S/C17H22N2O4S2.ClH/c1-2-23-17(20)16-10-11-9-14(7-8-15(11)24-16)25(21,22)19-13-5-3-12(18)4-6-13;/h7-10,12-13,19H,2-6,18H2,1H3;1H. The van der Waals surface area contributed by atoms with Crippen LogP contribution in [-0.2, 0) is 14.8 Å². The van der Waals surface area contributed by atoms with E-state index in [1.54, 1.807) is 31.2 Å². The van der Waals surface area contributed by atoms with Gasteiger partial charge in [0.05, 0.1) is 11.5 Å². The summed E-state index contributed by atoms with van der Waals surface area (Å²) in [5.74, 6) is -0.384. The molecule has 0 bridgehead atoms. The van der Waals surface area contributed by atoms with E-state index < -0.39 is 10.0 Å². The lowest BCUT2D eigenvalue weighted by atomic mass is 9.93. The van der Waals surface area contributed by atoms with Crippen LogP contribution < -0.4 is 10.5 Å². The van der Waals surface area contributed by atoms with Crippen molar-refractivity contribution >= 4 is 49.8 Å². The Morgan fingerprint density at radius 1 is 1.27 bits per heavy atom. The van der Waals surface area contributed by atoms with Gasteiger partial charge in [-0.1, -0.05) is 0 Å². The summed E-state index contributed by atoms with van der Waals surface area (Å²) < 4.78 is 33.9. The summed E-state index contributed by atoms with van der Waals surface area (Å²) in [6.45, 7) is 2.06. The number of esters is 1. The molecule has 0 amide bonds. The predicted octanol–water partition coefficient (Wildman–Crippen LogP) is 3.05. The highest BCUT2D eigenvalue weighted by Gasteiger charge is 2.24. The smallest absolute Gasteiger partial charge is 0.348 e. The summed E-state index contributed by atoms with van der Waals surface area (Å²) in [7, 11) is -3.59. The molecule has 6 nitrogen and oxygen atoms in total. The summed E-state index contributed by atoms with van der Waals surface area (Å²) in [4.78, 5) is 12.5. The topological polar surface area (TPSA) is 98.5 Å². The van der Waals surface area contributed by atoms with Gasteiger partial charge in [0.15, 0.2) is 0 Å². The number of halogens is 1. The molecule has 3 N–H and O–H groups in total. The van der Waals surface area contributed by atoms with Gasteiger partial charge in [-0.15, -0.1) is 23.7 Å². The van der Waals surface area contributed by atoms with Gasteiger partial charge >= 0.3 is 5.97 Å². The van der Waals surface area contributed by atoms with E-state index in [1.165, 1.54) is 11.3 Å². The predicted molar refractivity (Wildman–Crippen MR) is 106 cm³/mol. The van der Waals surface area contributed by atoms with Crippen molar-refractivity contribution in [2.24, 2.45) is 5.73 Å². The zero-order chi connectivity index (χ0) is 18.0. The van der Waals surface area contributed by atoms with Crippen molar-refractivity contribution in [2.75, 3.05) is 6.61 Å². The summed E-state index contributed by atoms with van der Waals surface area (Å²) in [5, 5.41) is 0.724. The lowest BCUT2D eigenvalue weighted by Gasteiger charge is -2.26. The van der Waals surface area contributed by atoms with Gasteiger partial charge in [0, 0.05) is 16.8 Å². The number of nitrogens with one attached hydrogen (secondary N) is 1. The van der Waals surface area contributed by atoms with Crippen molar-refractivity contribution in [3.63, 3.8) is 0 Å². The molecule has 0 saturated heterocycles. The van der Waals surface area contributed by atoms with Crippen LogP contribution in [0.4, 0.5) is 0 Å². The number of fused-ring (bicyclic) bond motifs is 1. The fourth-order valence-electron chi connectivity index (χ4n) is 3.02. The van der Waals surface area contributed by atoms with Crippen molar-refractivity contribution in [1.82, 2.24) is 4.72 Å². The van der Waals surface area contributed by atoms with E-state index in [1.807, 2.05) is 0 Å². The number of benzene rings is 1. The molecule has 0 aliphatic heterocycles. The van der Waals surface area contributed by atoms with Crippen LogP contribution in [0.2, 0.25) is 0 Å². The quantitative estimate of drug-likeness (QED) is 0.727. The Kier molecular flexibility index (Phi) is 7.04. The molecule has 1 aliphatic rings. The molecule has 26 heavy (non-hydrogen) atoms. The van der Waals surface area contributed by atoms with Crippen LogP contribution in [0.3, 0.4) is 0 Å². The van der Waals surface area contributed by atoms with E-state index in [0.717, 1.165) is 35.8 Å². The molecule has 9 heteroatoms. The van der Waals surface area contributed by atoms with Crippen molar-refractivity contribution in [1.29, 1.82) is 0 Å². The highest BCUT2D eigenvalue weighted by molar-refractivity contribution is 7.89. The number of thiophene rings is 1. The monoisotopic (exact) mass is 418 g/mol. The Morgan fingerprint density at radius 2 is 1.96 bits per heavy atom. The second kappa shape index (κ2) is 8.67. The first kappa shape index (κ1) is 21.1. The maximum Gasteiger partial charge on any atom is 0.348 e. The minimum atomic E-state index is -3.59. The summed E-state index contributed by atoms with van der Waals surface area (Å²) in [5.41, 5.74) is 5.87. The van der Waals surface area contributed by atoms with E-state index in [9.17, 15) is 13.2 Å². The number of ether oxygens (including phenoxy) is 1. The van der Waals surface area contributed by atoms with Gasteiger partial charge in [0.25, 0.3) is 0 Å². The molecular weight excluding hydrogens is 396 g/mol. The third kappa shape index (κ3) is 4.75. The molecule has 3 rings (SSSR count). The van der Waals surface area contributed by atoms with Gasteiger partial charge in [-0.3, -0.25) is 0 Å². The molecule has 0 radical (unpaired) electrons. The zero-order valence-corrected chi connectivity index (χ0v) is 16.9. The van der Waals surface area contributed by atoms with Crippen molar-refractivity contribution < 1.29 is 17.9 Å². The minimum absolute atomic E-state index is 0. The second-order valence-corrected chi connectivity index (χ2v) is 9.06. The maximum atomic E-state index is 12.6. The first-order valence-electron chi connectivity index (χ1n) is 8.37. The lowest BCUT2D eigenvalue weighted by Crippen LogP contribution is -2.40. The number of carbonyl (C=O) groups excluding carboxylic acids is 1. The molecule has 1 aliphatic carbocycles. The van der Waals surface area contributed by atoms with Crippen LogP contribution >= 0.6 is 23.7 Å². The average molecular weight is 419 g/mol. The van der Waals surface area contributed by atoms with Gasteiger partial charge < -0.3 is 10.5 Å². The zero-order valence-electron chi connectivity index (χ0n) is 14.4. The highest BCUT2D eigenvalue weighted by atomic mass is 35.5. The molecule has 1 fully saturated rings. The van der Waals surface area contributed by atoms with E-state index >= 15 is 0 Å². The SMILES string of the molecule is CCOC(=O)c1cc2cc(S(=O)(=O)NC3CCC(N)CC3)ccc2s1.Cl. The molecule has 1 heterocycles. The molecule has 144 valence electrons. The Bertz CT molecular complexity index is 874. The minimum Gasteiger partial charge on any atom is -0.462 e. The van der Waals surface area contributed by atoms with Crippen LogP contribution in [-0.4, -0.2) is 33.1 Å². The highest BCUT2D eigenvalue weighted by Crippen LogP contribution is 2.29. The normalized spacial score (nSPS) is 20.5. The van der Waals surface area contributed by atoms with E-state index in [0.29, 0.717) is 11.5 Å². The summed E-state index contributed by atoms with van der Waals surface area (Å²) in [6.07, 6.45) is 3.18. The molecule has 1 aromatic carbocycles. The fourth-order valence-corrected chi connectivity index (χ4v) is 5.29. The number of hydrogen-bond acceptors (Lipinski definition) is 6. The number of carbonyl (C=O) groups is 1. The summed E-state index contributed by atoms with van der Waals surface area (Å²) in [6, 6.07) is 6.68. The molecule has 0 spiro atoms. The Hall–Kier alpha value is -1.19. The van der Waals surface area contributed by atoms with Crippen LogP contribution in [0.15, 0.2) is 29.2 Å². The van der Waals surface area contributed by atoms with Crippen molar-refractivity contribution in [3.8, 4) is 0 Å². The van der Waals surface area contributed by atoms with Crippen LogP contribution in [0.25, 0.3) is 10.1 Å². The van der Waals surface area contributed by atoms with Gasteiger partial charge in [-0.25, -0.2) is 17.9 Å². The van der Waals surface area contributed by atoms with Gasteiger partial charge in [0.2, 0.25) is 10.0 Å². The summed E-state index contributed by atoms with van der Waals surface area (Å²) >= 11 is 1.30. The van der Waals surface area contributed by atoms with Gasteiger partial charge in [0.1, 0.15) is 4.88 Å². The largest absolute Gasteiger partial charge is 0.462 e. The molecule has 1 aromatic heterocycles. The Balaban J connectivity index is 0.00000243. The van der Waals surface area contributed by atoms with E-state index in [2.05, 4.69) is 4.72 Å². The maximum absolute atomic E-state index is 12.6. The van der Waals surface area contributed by atoms with Crippen molar-refractivity contribution in [3.05, 3.63) is 29.1 Å². The number of hydrogen-bond donors (Lipinski definition) is 2. The number of sulfonamides is 1. The van der Waals surface area contributed by atoms with Gasteiger partial charge in [-0.05, 0) is 62.3 Å². The lowest BCUT2D eigenvalue weighted by molar-refractivity contribution is 0.0532. The molecule has 0 unspecified atom stereocenters. The molecule has 0 atom stereocenters.